The Morgan fingerprint density at radius 3 is 1.24 bits per heavy atom. The van der Waals surface area contributed by atoms with Crippen molar-refractivity contribution >= 4 is 6.29 Å². The molecule has 0 spiro atoms. The molecule has 2 nitrogen and oxygen atoms in total. The van der Waals surface area contributed by atoms with E-state index in [4.69, 9.17) is 0 Å². The first-order valence-electron chi connectivity index (χ1n) is 8.54. The molecule has 0 aromatic carbocycles. The molecule has 0 rings (SSSR count). The average molecular weight is 548 g/mol. The number of rotatable bonds is 14. The van der Waals surface area contributed by atoms with E-state index in [1.54, 1.807) is 0 Å². The summed E-state index contributed by atoms with van der Waals surface area (Å²) in [4.78, 5) is 9.98. The molecule has 204 valence electrons. The van der Waals surface area contributed by atoms with Crippen LogP contribution in [0.5, 0.6) is 0 Å². The van der Waals surface area contributed by atoms with Crippen LogP contribution in [0.2, 0.25) is 0 Å². The maximum Gasteiger partial charge on any atom is 0.460 e. The van der Waals surface area contributed by atoms with Crippen LogP contribution in [0.4, 0.5) is 74.6 Å². The van der Waals surface area contributed by atoms with Crippen molar-refractivity contribution in [3.8, 4) is 0 Å². The number of alkyl halides is 17. The molecule has 0 heterocycles. The highest BCUT2D eigenvalue weighted by molar-refractivity contribution is 5.48. The van der Waals surface area contributed by atoms with Crippen molar-refractivity contribution in [2.75, 3.05) is 13.2 Å². The Balaban J connectivity index is 6.00. The molecule has 0 bridgehead atoms. The van der Waals surface area contributed by atoms with E-state index in [0.29, 0.717) is 6.29 Å². The van der Waals surface area contributed by atoms with Gasteiger partial charge in [-0.25, -0.2) is 0 Å². The van der Waals surface area contributed by atoms with Gasteiger partial charge in [-0.2, -0.15) is 74.6 Å². The molecule has 0 fully saturated rings. The van der Waals surface area contributed by atoms with Gasteiger partial charge in [-0.1, -0.05) is 0 Å². The lowest BCUT2D eigenvalue weighted by Gasteiger charge is -2.42. The first kappa shape index (κ1) is 32.4. The molecule has 0 aromatic rings. The molecule has 0 aliphatic carbocycles. The SMILES string of the molecule is O=CCCCOCCCC(F)(F)C(F)(F)C(F)(F)C(F)(F)C(F)(F)C(F)(F)C(F)(F)C(F)(F)F. The fourth-order valence-corrected chi connectivity index (χ4v) is 2.12. The second-order valence-electron chi connectivity index (χ2n) is 6.67. The fourth-order valence-electron chi connectivity index (χ4n) is 2.12. The molecule has 0 radical (unpaired) electrons. The van der Waals surface area contributed by atoms with Crippen LogP contribution in [0, 0.1) is 0 Å². The van der Waals surface area contributed by atoms with Gasteiger partial charge >= 0.3 is 47.6 Å². The Labute approximate surface area is 178 Å². The van der Waals surface area contributed by atoms with E-state index in [9.17, 15) is 79.4 Å². The lowest BCUT2D eigenvalue weighted by molar-refractivity contribution is -0.461. The molecule has 0 aliphatic rings. The standard InChI is InChI=1S/C15H13F17O2/c16-8(17,4-3-7-34-6-2-1-5-33)9(18,19)10(20,21)11(22,23)12(24,25)13(26,27)14(28,29)15(30,31)32/h5H,1-4,6-7H2. The molecule has 0 N–H and O–H groups in total. The predicted molar refractivity (Wildman–Crippen MR) is 76.0 cm³/mol. The predicted octanol–water partition coefficient (Wildman–Crippen LogP) is 6.77. The quantitative estimate of drug-likeness (QED) is 0.136. The number of ether oxygens (including phenoxy) is 1. The molecule has 0 amide bonds. The number of aldehydes is 1. The van der Waals surface area contributed by atoms with E-state index in [2.05, 4.69) is 4.74 Å². The van der Waals surface area contributed by atoms with Gasteiger partial charge in [0, 0.05) is 26.1 Å². The van der Waals surface area contributed by atoms with Crippen LogP contribution in [0.1, 0.15) is 25.7 Å². The van der Waals surface area contributed by atoms with Crippen LogP contribution in [0.15, 0.2) is 0 Å². The molecule has 34 heavy (non-hydrogen) atoms. The van der Waals surface area contributed by atoms with Crippen molar-refractivity contribution in [1.82, 2.24) is 0 Å². The van der Waals surface area contributed by atoms with Gasteiger partial charge in [0.15, 0.2) is 0 Å². The number of carbonyl (C=O) groups is 1. The van der Waals surface area contributed by atoms with Crippen molar-refractivity contribution in [3.05, 3.63) is 0 Å². The minimum atomic E-state index is -8.62. The largest absolute Gasteiger partial charge is 0.460 e. The monoisotopic (exact) mass is 548 g/mol. The smallest absolute Gasteiger partial charge is 0.381 e. The Bertz CT molecular complexity index is 683. The highest BCUT2D eigenvalue weighted by Crippen LogP contribution is 2.64. The van der Waals surface area contributed by atoms with Crippen LogP contribution < -0.4 is 0 Å². The van der Waals surface area contributed by atoms with E-state index >= 15 is 0 Å². The van der Waals surface area contributed by atoms with Crippen molar-refractivity contribution in [2.45, 2.75) is 73.3 Å². The van der Waals surface area contributed by atoms with Gasteiger partial charge in [0.25, 0.3) is 0 Å². The van der Waals surface area contributed by atoms with Crippen LogP contribution in [0.25, 0.3) is 0 Å². The fraction of sp³-hybridized carbons (Fsp3) is 0.933. The molecule has 0 aromatic heterocycles. The Morgan fingerprint density at radius 2 is 0.853 bits per heavy atom. The lowest BCUT2D eigenvalue weighted by atomic mass is 9.88. The topological polar surface area (TPSA) is 26.3 Å². The average Bonchev–Trinajstić information content (AvgIpc) is 2.65. The zero-order chi connectivity index (χ0) is 27.7. The normalized spacial score (nSPS) is 15.6. The Hall–Kier alpha value is -1.56. The van der Waals surface area contributed by atoms with E-state index in [1.165, 1.54) is 0 Å². The molecule has 0 atom stereocenters. The summed E-state index contributed by atoms with van der Waals surface area (Å²) in [6.45, 7) is -1.32. The number of carbonyl (C=O) groups excluding carboxylic acids is 1. The Morgan fingerprint density at radius 1 is 0.500 bits per heavy atom. The van der Waals surface area contributed by atoms with Gasteiger partial charge in [0.05, 0.1) is 0 Å². The summed E-state index contributed by atoms with van der Waals surface area (Å²) in [6, 6.07) is 0. The molecule has 19 heteroatoms. The summed E-state index contributed by atoms with van der Waals surface area (Å²) in [5, 5.41) is 0. The summed E-state index contributed by atoms with van der Waals surface area (Å²) >= 11 is 0. The third-order valence-corrected chi connectivity index (χ3v) is 4.18. The summed E-state index contributed by atoms with van der Waals surface area (Å²) in [5.41, 5.74) is 0. The minimum Gasteiger partial charge on any atom is -0.381 e. The molecular formula is C15H13F17O2. The second kappa shape index (κ2) is 9.83. The highest BCUT2D eigenvalue weighted by Gasteiger charge is 2.95. The van der Waals surface area contributed by atoms with Crippen molar-refractivity contribution in [3.63, 3.8) is 0 Å². The van der Waals surface area contributed by atoms with Crippen molar-refractivity contribution in [1.29, 1.82) is 0 Å². The van der Waals surface area contributed by atoms with E-state index < -0.39 is 67.1 Å². The highest BCUT2D eigenvalue weighted by atomic mass is 19.4. The van der Waals surface area contributed by atoms with Gasteiger partial charge in [0.2, 0.25) is 0 Å². The molecule has 0 aliphatic heterocycles. The van der Waals surface area contributed by atoms with Crippen LogP contribution >= 0.6 is 0 Å². The van der Waals surface area contributed by atoms with Gasteiger partial charge < -0.3 is 9.53 Å². The van der Waals surface area contributed by atoms with Crippen LogP contribution in [-0.2, 0) is 9.53 Å². The molecule has 0 unspecified atom stereocenters. The van der Waals surface area contributed by atoms with Gasteiger partial charge in [-0.05, 0) is 12.8 Å². The van der Waals surface area contributed by atoms with E-state index in [1.807, 2.05) is 0 Å². The maximum absolute atomic E-state index is 13.6. The summed E-state index contributed by atoms with van der Waals surface area (Å²) in [6.07, 6.45) is -11.4. The third kappa shape index (κ3) is 5.17. The van der Waals surface area contributed by atoms with E-state index in [0.717, 1.165) is 0 Å². The lowest BCUT2D eigenvalue weighted by Crippen LogP contribution is -2.74. The molecule has 0 saturated carbocycles. The Kier molecular flexibility index (Phi) is 9.38. The van der Waals surface area contributed by atoms with Crippen LogP contribution in [-0.4, -0.2) is 67.1 Å². The third-order valence-electron chi connectivity index (χ3n) is 4.18. The van der Waals surface area contributed by atoms with Gasteiger partial charge in [-0.15, -0.1) is 0 Å². The molecular weight excluding hydrogens is 535 g/mol. The van der Waals surface area contributed by atoms with Crippen LogP contribution in [0.3, 0.4) is 0 Å². The minimum absolute atomic E-state index is 0.0216. The maximum atomic E-state index is 13.6. The number of hydrogen-bond acceptors (Lipinski definition) is 2. The zero-order valence-electron chi connectivity index (χ0n) is 16.1. The van der Waals surface area contributed by atoms with E-state index in [-0.39, 0.29) is 19.4 Å². The van der Waals surface area contributed by atoms with Crippen molar-refractivity contribution < 1.29 is 84.2 Å². The summed E-state index contributed by atoms with van der Waals surface area (Å²) in [5.74, 6) is -56.2. The zero-order valence-corrected chi connectivity index (χ0v) is 16.1. The summed E-state index contributed by atoms with van der Waals surface area (Å²) < 4.78 is 226. The van der Waals surface area contributed by atoms with Gasteiger partial charge in [0.1, 0.15) is 6.29 Å². The number of unbranched alkanes of at least 4 members (excludes halogenated alkanes) is 1. The molecule has 0 saturated heterocycles. The summed E-state index contributed by atoms with van der Waals surface area (Å²) in [7, 11) is 0. The number of halogens is 17. The second-order valence-corrected chi connectivity index (χ2v) is 6.67. The van der Waals surface area contributed by atoms with Gasteiger partial charge in [-0.3, -0.25) is 0 Å². The van der Waals surface area contributed by atoms with Crippen molar-refractivity contribution in [2.24, 2.45) is 0 Å². The number of hydrogen-bond donors (Lipinski definition) is 0. The first-order chi connectivity index (χ1) is 14.8. The first-order valence-corrected chi connectivity index (χ1v) is 8.54.